The third-order valence-corrected chi connectivity index (χ3v) is 1.18. The summed E-state index contributed by atoms with van der Waals surface area (Å²) in [6.45, 7) is 4.29. The highest BCUT2D eigenvalue weighted by atomic mass is 35.5. The zero-order valence-corrected chi connectivity index (χ0v) is 6.50. The monoisotopic (exact) mass is 137 g/mol. The van der Waals surface area contributed by atoms with E-state index in [2.05, 4.69) is 13.8 Å². The Balaban J connectivity index is 0. The second-order valence-corrected chi connectivity index (χ2v) is 1.96. The fourth-order valence-electron chi connectivity index (χ4n) is 0.575. The van der Waals surface area contributed by atoms with Gasteiger partial charge in [-0.3, -0.25) is 0 Å². The highest BCUT2D eigenvalue weighted by Gasteiger charge is 1.92. The van der Waals surface area contributed by atoms with Gasteiger partial charge in [0.15, 0.2) is 0 Å². The standard InChI is InChI=1S/C6H15N.ClH/c1-3-5-6(7)4-2;/h6H,3-5,7H2,1-2H3;1H. The van der Waals surface area contributed by atoms with Gasteiger partial charge >= 0.3 is 0 Å². The number of hydrogen-bond acceptors (Lipinski definition) is 1. The van der Waals surface area contributed by atoms with Crippen molar-refractivity contribution >= 4 is 12.4 Å². The van der Waals surface area contributed by atoms with Crippen LogP contribution in [0.4, 0.5) is 0 Å². The summed E-state index contributed by atoms with van der Waals surface area (Å²) >= 11 is 0. The molecule has 2 heteroatoms. The van der Waals surface area contributed by atoms with Gasteiger partial charge in [0.2, 0.25) is 0 Å². The van der Waals surface area contributed by atoms with E-state index in [4.69, 9.17) is 5.73 Å². The van der Waals surface area contributed by atoms with Gasteiger partial charge in [-0.15, -0.1) is 12.4 Å². The molecule has 0 aromatic carbocycles. The number of rotatable bonds is 3. The van der Waals surface area contributed by atoms with Gasteiger partial charge in [0.25, 0.3) is 0 Å². The molecule has 0 amide bonds. The average molecular weight is 138 g/mol. The second-order valence-electron chi connectivity index (χ2n) is 1.96. The van der Waals surface area contributed by atoms with Crippen molar-refractivity contribution in [2.45, 2.75) is 39.2 Å². The Hall–Kier alpha value is 0.250. The van der Waals surface area contributed by atoms with Gasteiger partial charge < -0.3 is 5.73 Å². The Morgan fingerprint density at radius 2 is 1.88 bits per heavy atom. The van der Waals surface area contributed by atoms with Crippen molar-refractivity contribution in [2.75, 3.05) is 0 Å². The van der Waals surface area contributed by atoms with Gasteiger partial charge in [-0.2, -0.15) is 0 Å². The van der Waals surface area contributed by atoms with Crippen molar-refractivity contribution in [1.29, 1.82) is 0 Å². The fourth-order valence-corrected chi connectivity index (χ4v) is 0.575. The van der Waals surface area contributed by atoms with Crippen LogP contribution in [0.2, 0.25) is 0 Å². The summed E-state index contributed by atoms with van der Waals surface area (Å²) in [6, 6.07) is 0.449. The predicted molar refractivity (Wildman–Crippen MR) is 40.4 cm³/mol. The van der Waals surface area contributed by atoms with Crippen LogP contribution in [0.3, 0.4) is 0 Å². The van der Waals surface area contributed by atoms with Gasteiger partial charge in [-0.25, -0.2) is 0 Å². The molecule has 0 heterocycles. The summed E-state index contributed by atoms with van der Waals surface area (Å²) in [4.78, 5) is 0. The lowest BCUT2D eigenvalue weighted by Gasteiger charge is -2.03. The first-order chi connectivity index (χ1) is 3.31. The van der Waals surface area contributed by atoms with E-state index in [0.717, 1.165) is 6.42 Å². The number of hydrogen-bond donors (Lipinski definition) is 1. The molecule has 0 aliphatic carbocycles. The lowest BCUT2D eigenvalue weighted by atomic mass is 10.1. The molecule has 0 saturated heterocycles. The Morgan fingerprint density at radius 1 is 1.38 bits per heavy atom. The van der Waals surface area contributed by atoms with Crippen LogP contribution in [0.15, 0.2) is 0 Å². The molecule has 0 rings (SSSR count). The van der Waals surface area contributed by atoms with E-state index in [-0.39, 0.29) is 12.4 Å². The molecule has 0 spiro atoms. The van der Waals surface area contributed by atoms with Crippen molar-refractivity contribution in [1.82, 2.24) is 0 Å². The van der Waals surface area contributed by atoms with E-state index in [1.165, 1.54) is 12.8 Å². The highest BCUT2D eigenvalue weighted by Crippen LogP contribution is 1.95. The van der Waals surface area contributed by atoms with Crippen LogP contribution < -0.4 is 5.73 Å². The van der Waals surface area contributed by atoms with Crippen LogP contribution >= 0.6 is 12.4 Å². The minimum atomic E-state index is 0. The van der Waals surface area contributed by atoms with E-state index in [1.54, 1.807) is 0 Å². The topological polar surface area (TPSA) is 26.0 Å². The Morgan fingerprint density at radius 3 is 2.00 bits per heavy atom. The van der Waals surface area contributed by atoms with Crippen LogP contribution in [0.5, 0.6) is 0 Å². The highest BCUT2D eigenvalue weighted by molar-refractivity contribution is 5.85. The molecule has 1 atom stereocenters. The summed E-state index contributed by atoms with van der Waals surface area (Å²) in [5.41, 5.74) is 5.58. The van der Waals surface area contributed by atoms with Crippen molar-refractivity contribution in [3.63, 3.8) is 0 Å². The van der Waals surface area contributed by atoms with Gasteiger partial charge in [-0.1, -0.05) is 20.3 Å². The van der Waals surface area contributed by atoms with Gasteiger partial charge in [-0.05, 0) is 12.8 Å². The molecule has 0 aliphatic rings. The Bertz CT molecular complexity index is 39.5. The summed E-state index contributed by atoms with van der Waals surface area (Å²) in [6.07, 6.45) is 3.51. The third kappa shape index (κ3) is 6.25. The Labute approximate surface area is 58.1 Å². The molecular formula is C6H16ClN. The van der Waals surface area contributed by atoms with Crippen molar-refractivity contribution in [3.8, 4) is 0 Å². The van der Waals surface area contributed by atoms with Crippen LogP contribution in [0.1, 0.15) is 33.1 Å². The maximum Gasteiger partial charge on any atom is 0.00361 e. The van der Waals surface area contributed by atoms with Crippen molar-refractivity contribution < 1.29 is 0 Å². The summed E-state index contributed by atoms with van der Waals surface area (Å²) in [7, 11) is 0. The molecule has 2 N–H and O–H groups in total. The second kappa shape index (κ2) is 7.25. The first kappa shape index (κ1) is 11.1. The zero-order chi connectivity index (χ0) is 5.70. The molecule has 0 aromatic rings. The maximum atomic E-state index is 5.58. The molecule has 1 unspecified atom stereocenters. The van der Waals surface area contributed by atoms with Gasteiger partial charge in [0.05, 0.1) is 0 Å². The molecular weight excluding hydrogens is 122 g/mol. The molecule has 8 heavy (non-hydrogen) atoms. The molecule has 52 valence electrons. The number of nitrogens with two attached hydrogens (primary N) is 1. The molecule has 0 radical (unpaired) electrons. The van der Waals surface area contributed by atoms with Crippen LogP contribution in [-0.2, 0) is 0 Å². The smallest absolute Gasteiger partial charge is 0.00361 e. The Kier molecular flexibility index (Phi) is 10.1. The molecule has 0 saturated carbocycles. The molecule has 0 fully saturated rings. The first-order valence-corrected chi connectivity index (χ1v) is 3.06. The van der Waals surface area contributed by atoms with Crippen LogP contribution in [-0.4, -0.2) is 6.04 Å². The van der Waals surface area contributed by atoms with Crippen LogP contribution in [0, 0.1) is 0 Å². The summed E-state index contributed by atoms with van der Waals surface area (Å²) < 4.78 is 0. The molecule has 0 bridgehead atoms. The van der Waals surface area contributed by atoms with Crippen LogP contribution in [0.25, 0.3) is 0 Å². The lowest BCUT2D eigenvalue weighted by molar-refractivity contribution is 0.587. The van der Waals surface area contributed by atoms with Crippen molar-refractivity contribution in [2.24, 2.45) is 5.73 Å². The van der Waals surface area contributed by atoms with Gasteiger partial charge in [0.1, 0.15) is 0 Å². The summed E-state index contributed by atoms with van der Waals surface area (Å²) in [5.74, 6) is 0. The largest absolute Gasteiger partial charge is 0.328 e. The molecule has 0 aromatic heterocycles. The minimum Gasteiger partial charge on any atom is -0.328 e. The summed E-state index contributed by atoms with van der Waals surface area (Å²) in [5, 5.41) is 0. The molecule has 0 aliphatic heterocycles. The normalized spacial score (nSPS) is 12.4. The van der Waals surface area contributed by atoms with E-state index >= 15 is 0 Å². The average Bonchev–Trinajstić information content (AvgIpc) is 1.68. The lowest BCUT2D eigenvalue weighted by Crippen LogP contribution is -2.17. The maximum absolute atomic E-state index is 5.58. The minimum absolute atomic E-state index is 0. The quantitative estimate of drug-likeness (QED) is 0.632. The van der Waals surface area contributed by atoms with Crippen molar-refractivity contribution in [3.05, 3.63) is 0 Å². The first-order valence-electron chi connectivity index (χ1n) is 3.06. The third-order valence-electron chi connectivity index (χ3n) is 1.18. The van der Waals surface area contributed by atoms with E-state index in [1.807, 2.05) is 0 Å². The predicted octanol–water partition coefficient (Wildman–Crippen LogP) is 1.95. The van der Waals surface area contributed by atoms with E-state index < -0.39 is 0 Å². The SMILES string of the molecule is CCCC(N)CC.Cl. The number of halogens is 1. The van der Waals surface area contributed by atoms with E-state index in [9.17, 15) is 0 Å². The molecule has 1 nitrogen and oxygen atoms in total. The zero-order valence-electron chi connectivity index (χ0n) is 5.68. The van der Waals surface area contributed by atoms with E-state index in [0.29, 0.717) is 6.04 Å². The van der Waals surface area contributed by atoms with Gasteiger partial charge in [0, 0.05) is 6.04 Å². The fraction of sp³-hybridized carbons (Fsp3) is 1.00.